The summed E-state index contributed by atoms with van der Waals surface area (Å²) >= 11 is 14.2. The molecule has 1 aromatic carbocycles. The summed E-state index contributed by atoms with van der Waals surface area (Å²) in [4.78, 5) is 9.28. The summed E-state index contributed by atoms with van der Waals surface area (Å²) in [5.74, 6) is 3.42. The van der Waals surface area contributed by atoms with Crippen molar-refractivity contribution in [1.82, 2.24) is 9.97 Å². The molecular formula is C14H13Cl2N3S. The highest BCUT2D eigenvalue weighted by atomic mass is 35.5. The zero-order valence-corrected chi connectivity index (χ0v) is 13.2. The highest BCUT2D eigenvalue weighted by molar-refractivity contribution is 7.98. The summed E-state index contributed by atoms with van der Waals surface area (Å²) in [7, 11) is 0. The molecule has 0 atom stereocenters. The van der Waals surface area contributed by atoms with Crippen LogP contribution in [0.1, 0.15) is 18.2 Å². The van der Waals surface area contributed by atoms with Crippen molar-refractivity contribution in [2.45, 2.75) is 18.4 Å². The summed E-state index contributed by atoms with van der Waals surface area (Å²) in [5, 5.41) is 4.33. The minimum absolute atomic E-state index is 0.502. The number of benzene rings is 1. The van der Waals surface area contributed by atoms with Crippen molar-refractivity contribution in [2.24, 2.45) is 0 Å². The van der Waals surface area contributed by atoms with Crippen molar-refractivity contribution < 1.29 is 0 Å². The van der Waals surface area contributed by atoms with Gasteiger partial charge in [0.2, 0.25) is 0 Å². The third-order valence-corrected chi connectivity index (χ3v) is 4.90. The van der Waals surface area contributed by atoms with E-state index in [4.69, 9.17) is 23.2 Å². The van der Waals surface area contributed by atoms with Crippen molar-refractivity contribution in [3.05, 3.63) is 39.5 Å². The number of nitrogens with zero attached hydrogens (tertiary/aromatic N) is 2. The van der Waals surface area contributed by atoms with Crippen LogP contribution >= 0.6 is 35.0 Å². The van der Waals surface area contributed by atoms with Gasteiger partial charge in [-0.05, 0) is 19.1 Å². The normalized spacial score (nSPS) is 13.3. The van der Waals surface area contributed by atoms with Gasteiger partial charge in [-0.25, -0.2) is 9.97 Å². The van der Waals surface area contributed by atoms with Gasteiger partial charge in [0.1, 0.15) is 5.82 Å². The van der Waals surface area contributed by atoms with Crippen LogP contribution < -0.4 is 5.32 Å². The summed E-state index contributed by atoms with van der Waals surface area (Å²) in [6.45, 7) is 2.89. The summed E-state index contributed by atoms with van der Waals surface area (Å²) in [5.41, 5.74) is 3.07. The molecular weight excluding hydrogens is 313 g/mol. The molecule has 104 valence electrons. The molecule has 2 heterocycles. The Hall–Kier alpha value is -0.970. The highest BCUT2D eigenvalue weighted by Gasteiger charge is 2.21. The number of fused-ring (bicyclic) bond motifs is 1. The summed E-state index contributed by atoms with van der Waals surface area (Å²) < 4.78 is 0. The van der Waals surface area contributed by atoms with Crippen molar-refractivity contribution >= 4 is 40.8 Å². The number of rotatable bonds is 3. The number of nitrogens with one attached hydrogen (secondary N) is 1. The average molecular weight is 326 g/mol. The maximum absolute atomic E-state index is 6.27. The third kappa shape index (κ3) is 2.48. The molecule has 0 amide bonds. The molecule has 0 unspecified atom stereocenters. The quantitative estimate of drug-likeness (QED) is 0.892. The fourth-order valence-corrected chi connectivity index (χ4v) is 3.59. The SMILES string of the molecule is CCNc1nc(-c2cccc(Cl)c2Cl)nc2c1CSC2. The number of thioether (sulfide) groups is 1. The molecule has 20 heavy (non-hydrogen) atoms. The molecule has 0 saturated carbocycles. The van der Waals surface area contributed by atoms with E-state index in [1.807, 2.05) is 23.9 Å². The van der Waals surface area contributed by atoms with E-state index in [9.17, 15) is 0 Å². The lowest BCUT2D eigenvalue weighted by Gasteiger charge is -2.11. The van der Waals surface area contributed by atoms with E-state index in [1.165, 1.54) is 5.56 Å². The Balaban J connectivity index is 2.15. The second kappa shape index (κ2) is 5.80. The molecule has 1 aliphatic heterocycles. The number of aromatic nitrogens is 2. The molecule has 0 aliphatic carbocycles. The Morgan fingerprint density at radius 2 is 2.10 bits per heavy atom. The molecule has 3 nitrogen and oxygen atoms in total. The van der Waals surface area contributed by atoms with Gasteiger partial charge in [-0.2, -0.15) is 11.8 Å². The number of hydrogen-bond donors (Lipinski definition) is 1. The highest BCUT2D eigenvalue weighted by Crippen LogP contribution is 2.37. The molecule has 2 aromatic rings. The first kappa shape index (κ1) is 14.0. The molecule has 0 bridgehead atoms. The molecule has 0 saturated heterocycles. The molecule has 1 N–H and O–H groups in total. The second-order valence-corrected chi connectivity index (χ2v) is 6.22. The molecule has 1 aromatic heterocycles. The van der Waals surface area contributed by atoms with E-state index in [2.05, 4.69) is 22.2 Å². The molecule has 6 heteroatoms. The van der Waals surface area contributed by atoms with Gasteiger partial charge in [-0.3, -0.25) is 0 Å². The van der Waals surface area contributed by atoms with E-state index >= 15 is 0 Å². The molecule has 3 rings (SSSR count). The van der Waals surface area contributed by atoms with E-state index in [0.29, 0.717) is 15.9 Å². The Labute approximate surface area is 132 Å². The summed E-state index contributed by atoms with van der Waals surface area (Å²) in [6.07, 6.45) is 0. The lowest BCUT2D eigenvalue weighted by Crippen LogP contribution is -2.06. The van der Waals surface area contributed by atoms with Crippen LogP contribution in [0, 0.1) is 0 Å². The van der Waals surface area contributed by atoms with Gasteiger partial charge in [0.15, 0.2) is 5.82 Å². The Bertz CT molecular complexity index is 661. The van der Waals surface area contributed by atoms with Crippen molar-refractivity contribution in [3.8, 4) is 11.4 Å². The Kier molecular flexibility index (Phi) is 4.06. The van der Waals surface area contributed by atoms with Crippen LogP contribution in [0.15, 0.2) is 18.2 Å². The Morgan fingerprint density at radius 3 is 2.90 bits per heavy atom. The van der Waals surface area contributed by atoms with Gasteiger partial charge in [0, 0.05) is 29.2 Å². The van der Waals surface area contributed by atoms with E-state index in [0.717, 1.165) is 35.1 Å². The first-order valence-corrected chi connectivity index (χ1v) is 8.27. The first-order chi connectivity index (χ1) is 9.70. The number of hydrogen-bond acceptors (Lipinski definition) is 4. The molecule has 0 spiro atoms. The molecule has 1 aliphatic rings. The lowest BCUT2D eigenvalue weighted by molar-refractivity contribution is 1.05. The van der Waals surface area contributed by atoms with Crippen molar-refractivity contribution in [1.29, 1.82) is 0 Å². The molecule has 0 fully saturated rings. The fourth-order valence-electron chi connectivity index (χ4n) is 2.16. The maximum atomic E-state index is 6.27. The first-order valence-electron chi connectivity index (χ1n) is 6.36. The predicted octanol–water partition coefficient (Wildman–Crippen LogP) is 4.63. The smallest absolute Gasteiger partial charge is 0.163 e. The lowest BCUT2D eigenvalue weighted by atomic mass is 10.2. The van der Waals surface area contributed by atoms with E-state index in [-0.39, 0.29) is 0 Å². The van der Waals surface area contributed by atoms with Crippen LogP contribution in [0.2, 0.25) is 10.0 Å². The van der Waals surface area contributed by atoms with Crippen LogP contribution in [0.5, 0.6) is 0 Å². The Morgan fingerprint density at radius 1 is 1.25 bits per heavy atom. The standard InChI is InChI=1S/C14H13Cl2N3S/c1-2-17-13-9-6-20-7-11(9)18-14(19-13)8-4-3-5-10(15)12(8)16/h3-5H,2,6-7H2,1H3,(H,17,18,19). The van der Waals surface area contributed by atoms with Crippen molar-refractivity contribution in [3.63, 3.8) is 0 Å². The van der Waals surface area contributed by atoms with Gasteiger partial charge in [-0.1, -0.05) is 29.3 Å². The van der Waals surface area contributed by atoms with Gasteiger partial charge < -0.3 is 5.32 Å². The van der Waals surface area contributed by atoms with Crippen LogP contribution in [0.4, 0.5) is 5.82 Å². The van der Waals surface area contributed by atoms with Gasteiger partial charge in [-0.15, -0.1) is 0 Å². The van der Waals surface area contributed by atoms with Gasteiger partial charge >= 0.3 is 0 Å². The topological polar surface area (TPSA) is 37.8 Å². The second-order valence-electron chi connectivity index (χ2n) is 4.45. The van der Waals surface area contributed by atoms with Gasteiger partial charge in [0.25, 0.3) is 0 Å². The largest absolute Gasteiger partial charge is 0.370 e. The van der Waals surface area contributed by atoms with Crippen LogP contribution in [-0.2, 0) is 11.5 Å². The van der Waals surface area contributed by atoms with Crippen LogP contribution in [0.25, 0.3) is 11.4 Å². The van der Waals surface area contributed by atoms with Crippen LogP contribution in [-0.4, -0.2) is 16.5 Å². The van der Waals surface area contributed by atoms with E-state index < -0.39 is 0 Å². The number of halogens is 2. The average Bonchev–Trinajstić information content (AvgIpc) is 2.90. The fraction of sp³-hybridized carbons (Fsp3) is 0.286. The zero-order chi connectivity index (χ0) is 14.1. The monoisotopic (exact) mass is 325 g/mol. The van der Waals surface area contributed by atoms with E-state index in [1.54, 1.807) is 6.07 Å². The zero-order valence-electron chi connectivity index (χ0n) is 10.9. The predicted molar refractivity (Wildman–Crippen MR) is 86.7 cm³/mol. The maximum Gasteiger partial charge on any atom is 0.163 e. The number of anilines is 1. The minimum atomic E-state index is 0.502. The molecule has 0 radical (unpaired) electrons. The van der Waals surface area contributed by atoms with Gasteiger partial charge in [0.05, 0.1) is 15.7 Å². The minimum Gasteiger partial charge on any atom is -0.370 e. The summed E-state index contributed by atoms with van der Waals surface area (Å²) in [6, 6.07) is 5.53. The third-order valence-electron chi connectivity index (χ3n) is 3.11. The van der Waals surface area contributed by atoms with Crippen LogP contribution in [0.3, 0.4) is 0 Å². The van der Waals surface area contributed by atoms with Crippen molar-refractivity contribution in [2.75, 3.05) is 11.9 Å².